The van der Waals surface area contributed by atoms with Gasteiger partial charge in [-0.1, -0.05) is 0 Å². The lowest BCUT2D eigenvalue weighted by atomic mass is 10.3. The van der Waals surface area contributed by atoms with Gasteiger partial charge in [0.2, 0.25) is 11.9 Å². The predicted molar refractivity (Wildman–Crippen MR) is 70.4 cm³/mol. The molecule has 0 amide bonds. The van der Waals surface area contributed by atoms with Gasteiger partial charge in [0.05, 0.1) is 25.9 Å². The highest BCUT2D eigenvalue weighted by Gasteiger charge is 2.15. The van der Waals surface area contributed by atoms with E-state index in [0.29, 0.717) is 38.3 Å². The van der Waals surface area contributed by atoms with Gasteiger partial charge < -0.3 is 20.5 Å². The third-order valence-corrected chi connectivity index (χ3v) is 2.72. The van der Waals surface area contributed by atoms with E-state index in [4.69, 9.17) is 15.2 Å². The zero-order chi connectivity index (χ0) is 13.8. The second kappa shape index (κ2) is 5.80. The maximum absolute atomic E-state index is 5.67. The van der Waals surface area contributed by atoms with Crippen LogP contribution in [0.1, 0.15) is 0 Å². The Morgan fingerprint density at radius 2 is 2.30 bits per heavy atom. The minimum Gasteiger partial charge on any atom is -0.376 e. The minimum atomic E-state index is -0.0186. The summed E-state index contributed by atoms with van der Waals surface area (Å²) in [5.41, 5.74) is 5.67. The molecule has 1 unspecified atom stereocenters. The molecule has 1 atom stereocenters. The number of nitrogen functional groups attached to an aromatic ring is 1. The van der Waals surface area contributed by atoms with Crippen molar-refractivity contribution in [2.75, 3.05) is 37.4 Å². The van der Waals surface area contributed by atoms with E-state index in [1.165, 1.54) is 4.68 Å². The number of hydrogen-bond donors (Lipinski definition) is 2. The Kier molecular flexibility index (Phi) is 3.70. The van der Waals surface area contributed by atoms with Gasteiger partial charge in [-0.2, -0.15) is 20.1 Å². The molecular weight excluding hydrogens is 262 g/mol. The number of nitrogens with two attached hydrogens (primary N) is 1. The fraction of sp³-hybridized carbons (Fsp3) is 0.455. The van der Waals surface area contributed by atoms with Gasteiger partial charge in [0.15, 0.2) is 0 Å². The van der Waals surface area contributed by atoms with Crippen LogP contribution in [0, 0.1) is 0 Å². The SMILES string of the molecule is Nc1nc(NCC2COCCO2)nc(-n2cccn2)n1. The number of rotatable bonds is 4. The Bertz CT molecular complexity index is 554. The van der Waals surface area contributed by atoms with Gasteiger partial charge in [0.1, 0.15) is 0 Å². The van der Waals surface area contributed by atoms with E-state index in [2.05, 4.69) is 25.4 Å². The molecule has 1 aliphatic heterocycles. The maximum atomic E-state index is 5.67. The van der Waals surface area contributed by atoms with Gasteiger partial charge in [-0.15, -0.1) is 0 Å². The molecule has 106 valence electrons. The van der Waals surface area contributed by atoms with Crippen LogP contribution < -0.4 is 11.1 Å². The molecule has 3 rings (SSSR count). The largest absolute Gasteiger partial charge is 0.376 e. The average Bonchev–Trinajstić information content (AvgIpc) is 3.00. The molecule has 20 heavy (non-hydrogen) atoms. The molecule has 1 aliphatic rings. The number of nitrogens with zero attached hydrogens (tertiary/aromatic N) is 5. The first-order chi connectivity index (χ1) is 9.81. The van der Waals surface area contributed by atoms with E-state index in [1.807, 2.05) is 0 Å². The molecule has 9 heteroatoms. The smallest absolute Gasteiger partial charge is 0.257 e. The maximum Gasteiger partial charge on any atom is 0.257 e. The predicted octanol–water partition coefficient (Wildman–Crippen LogP) is -0.533. The molecule has 2 aromatic heterocycles. The molecule has 0 bridgehead atoms. The van der Waals surface area contributed by atoms with Crippen molar-refractivity contribution in [3.05, 3.63) is 18.5 Å². The molecule has 3 N–H and O–H groups in total. The Morgan fingerprint density at radius 3 is 3.05 bits per heavy atom. The normalized spacial score (nSPS) is 18.9. The Morgan fingerprint density at radius 1 is 1.35 bits per heavy atom. The summed E-state index contributed by atoms with van der Waals surface area (Å²) in [7, 11) is 0. The molecular formula is C11H15N7O2. The molecule has 9 nitrogen and oxygen atoms in total. The van der Waals surface area contributed by atoms with E-state index >= 15 is 0 Å². The highest BCUT2D eigenvalue weighted by molar-refractivity contribution is 5.34. The molecule has 0 aromatic carbocycles. The summed E-state index contributed by atoms with van der Waals surface area (Å²) >= 11 is 0. The van der Waals surface area contributed by atoms with Crippen LogP contribution in [0.25, 0.3) is 5.95 Å². The van der Waals surface area contributed by atoms with Crippen molar-refractivity contribution in [1.29, 1.82) is 0 Å². The Labute approximate surface area is 115 Å². The topological polar surface area (TPSA) is 113 Å². The van der Waals surface area contributed by atoms with Crippen molar-refractivity contribution < 1.29 is 9.47 Å². The Balaban J connectivity index is 1.69. The van der Waals surface area contributed by atoms with Crippen molar-refractivity contribution in [3.8, 4) is 5.95 Å². The van der Waals surface area contributed by atoms with Crippen molar-refractivity contribution in [2.24, 2.45) is 0 Å². The molecule has 0 spiro atoms. The summed E-state index contributed by atoms with van der Waals surface area (Å²) in [6.45, 7) is 2.34. The number of nitrogens with one attached hydrogen (secondary N) is 1. The van der Waals surface area contributed by atoms with Gasteiger partial charge >= 0.3 is 0 Å². The van der Waals surface area contributed by atoms with Crippen LogP contribution in [0.15, 0.2) is 18.5 Å². The van der Waals surface area contributed by atoms with Gasteiger partial charge in [-0.05, 0) is 6.07 Å². The molecule has 2 aromatic rings. The highest BCUT2D eigenvalue weighted by atomic mass is 16.6. The Hall–Kier alpha value is -2.26. The van der Waals surface area contributed by atoms with Crippen LogP contribution in [0.4, 0.5) is 11.9 Å². The van der Waals surface area contributed by atoms with Crippen molar-refractivity contribution in [3.63, 3.8) is 0 Å². The summed E-state index contributed by atoms with van der Waals surface area (Å²) in [6.07, 6.45) is 3.35. The second-order valence-electron chi connectivity index (χ2n) is 4.22. The lowest BCUT2D eigenvalue weighted by Crippen LogP contribution is -2.34. The van der Waals surface area contributed by atoms with Gasteiger partial charge in [0, 0.05) is 18.9 Å². The summed E-state index contributed by atoms with van der Waals surface area (Å²) in [5.74, 6) is 0.886. The van der Waals surface area contributed by atoms with Crippen LogP contribution in [0.2, 0.25) is 0 Å². The lowest BCUT2D eigenvalue weighted by molar-refractivity contribution is -0.0819. The number of ether oxygens (including phenoxy) is 2. The van der Waals surface area contributed by atoms with Crippen molar-refractivity contribution >= 4 is 11.9 Å². The quantitative estimate of drug-likeness (QED) is 0.766. The summed E-state index contributed by atoms with van der Waals surface area (Å²) in [4.78, 5) is 12.3. The van der Waals surface area contributed by atoms with E-state index < -0.39 is 0 Å². The first kappa shape index (κ1) is 12.8. The van der Waals surface area contributed by atoms with Crippen molar-refractivity contribution in [1.82, 2.24) is 24.7 Å². The fourth-order valence-corrected chi connectivity index (χ4v) is 1.81. The van der Waals surface area contributed by atoms with Gasteiger partial charge in [0.25, 0.3) is 5.95 Å². The van der Waals surface area contributed by atoms with Gasteiger partial charge in [-0.25, -0.2) is 4.68 Å². The molecule has 1 fully saturated rings. The number of hydrogen-bond acceptors (Lipinski definition) is 8. The second-order valence-corrected chi connectivity index (χ2v) is 4.22. The van der Waals surface area contributed by atoms with Crippen LogP contribution >= 0.6 is 0 Å². The molecule has 0 aliphatic carbocycles. The minimum absolute atomic E-state index is 0.0186. The van der Waals surface area contributed by atoms with E-state index in [-0.39, 0.29) is 12.1 Å². The first-order valence-electron chi connectivity index (χ1n) is 6.26. The number of aromatic nitrogens is 5. The van der Waals surface area contributed by atoms with Crippen LogP contribution in [-0.2, 0) is 9.47 Å². The zero-order valence-electron chi connectivity index (χ0n) is 10.8. The zero-order valence-corrected chi connectivity index (χ0v) is 10.8. The molecule has 0 saturated carbocycles. The van der Waals surface area contributed by atoms with Gasteiger partial charge in [-0.3, -0.25) is 0 Å². The lowest BCUT2D eigenvalue weighted by Gasteiger charge is -2.23. The van der Waals surface area contributed by atoms with Crippen molar-refractivity contribution in [2.45, 2.75) is 6.10 Å². The summed E-state index contributed by atoms with van der Waals surface area (Å²) < 4.78 is 12.4. The first-order valence-corrected chi connectivity index (χ1v) is 6.26. The van der Waals surface area contributed by atoms with E-state index in [0.717, 1.165) is 0 Å². The fourth-order valence-electron chi connectivity index (χ4n) is 1.81. The summed E-state index contributed by atoms with van der Waals surface area (Å²) in [6, 6.07) is 1.78. The van der Waals surface area contributed by atoms with E-state index in [1.54, 1.807) is 18.5 Å². The molecule has 3 heterocycles. The molecule has 1 saturated heterocycles. The standard InChI is InChI=1S/C11H15N7O2/c12-9-15-10(13-6-8-7-19-4-5-20-8)17-11(16-9)18-3-1-2-14-18/h1-3,8H,4-7H2,(H3,12,13,15,16,17). The number of anilines is 2. The third-order valence-electron chi connectivity index (χ3n) is 2.72. The summed E-state index contributed by atoms with van der Waals surface area (Å²) in [5, 5.41) is 7.12. The van der Waals surface area contributed by atoms with Crippen LogP contribution in [0.5, 0.6) is 0 Å². The van der Waals surface area contributed by atoms with Crippen LogP contribution in [-0.4, -0.2) is 57.2 Å². The monoisotopic (exact) mass is 277 g/mol. The average molecular weight is 277 g/mol. The molecule has 0 radical (unpaired) electrons. The van der Waals surface area contributed by atoms with E-state index in [9.17, 15) is 0 Å². The third kappa shape index (κ3) is 3.00. The highest BCUT2D eigenvalue weighted by Crippen LogP contribution is 2.07. The van der Waals surface area contributed by atoms with Crippen LogP contribution in [0.3, 0.4) is 0 Å².